The number of alkyl halides is 3. The highest BCUT2D eigenvalue weighted by molar-refractivity contribution is 5.83. The van der Waals surface area contributed by atoms with Gasteiger partial charge in [0.2, 0.25) is 5.82 Å². The summed E-state index contributed by atoms with van der Waals surface area (Å²) in [6.45, 7) is 2.78. The minimum Gasteiger partial charge on any atom is -0.493 e. The van der Waals surface area contributed by atoms with E-state index in [1.165, 1.54) is 13.8 Å². The van der Waals surface area contributed by atoms with Crippen LogP contribution in [0.25, 0.3) is 5.57 Å². The summed E-state index contributed by atoms with van der Waals surface area (Å²) in [4.78, 5) is 11.0. The molecule has 0 spiro atoms. The van der Waals surface area contributed by atoms with E-state index >= 15 is 0 Å². The van der Waals surface area contributed by atoms with Crippen molar-refractivity contribution in [1.29, 1.82) is 0 Å². The molecule has 0 aliphatic rings. The van der Waals surface area contributed by atoms with Crippen LogP contribution in [0.15, 0.2) is 12.1 Å². The van der Waals surface area contributed by atoms with Crippen molar-refractivity contribution in [2.45, 2.75) is 38.5 Å². The number of methoxy groups -OCH3 is 1. The summed E-state index contributed by atoms with van der Waals surface area (Å²) in [5.74, 6) is -5.78. The van der Waals surface area contributed by atoms with Crippen LogP contribution in [0.1, 0.15) is 31.4 Å². The van der Waals surface area contributed by atoms with E-state index in [-0.39, 0.29) is 23.1 Å². The predicted molar refractivity (Wildman–Crippen MR) is 79.2 cm³/mol. The highest BCUT2D eigenvalue weighted by atomic mass is 19.4. The quantitative estimate of drug-likeness (QED) is 0.752. The third-order valence-corrected chi connectivity index (χ3v) is 3.79. The Bertz CT molecular complexity index is 697. The highest BCUT2D eigenvalue weighted by Gasteiger charge is 2.60. The Balaban J connectivity index is 3.57. The van der Waals surface area contributed by atoms with Gasteiger partial charge in [-0.3, -0.25) is 0 Å². The lowest BCUT2D eigenvalue weighted by atomic mass is 9.88. The van der Waals surface area contributed by atoms with Gasteiger partial charge in [-0.25, -0.2) is 9.18 Å². The number of carboxylic acid groups (broad SMARTS) is 1. The first-order chi connectivity index (χ1) is 11.4. The Kier molecular flexibility index (Phi) is 6.17. The number of carbonyl (C=O) groups is 1. The second-order valence-corrected chi connectivity index (χ2v) is 5.25. The molecule has 0 heterocycles. The molecule has 1 unspecified atom stereocenters. The van der Waals surface area contributed by atoms with Gasteiger partial charge in [0.15, 0.2) is 11.6 Å². The maximum atomic E-state index is 14.1. The Morgan fingerprint density at radius 1 is 1.28 bits per heavy atom. The van der Waals surface area contributed by atoms with Gasteiger partial charge in [0.1, 0.15) is 0 Å². The molecule has 1 aromatic rings. The third kappa shape index (κ3) is 3.76. The van der Waals surface area contributed by atoms with Gasteiger partial charge >= 0.3 is 12.1 Å². The first-order valence-corrected chi connectivity index (χ1v) is 7.17. The second-order valence-electron chi connectivity index (χ2n) is 5.25. The van der Waals surface area contributed by atoms with Gasteiger partial charge in [-0.05, 0) is 30.5 Å². The summed E-state index contributed by atoms with van der Waals surface area (Å²) in [5.41, 5.74) is -4.83. The number of aliphatic carboxylic acids is 1. The normalized spacial score (nSPS) is 15.0. The van der Waals surface area contributed by atoms with Gasteiger partial charge in [-0.15, -0.1) is 0 Å². The lowest BCUT2D eigenvalue weighted by Crippen LogP contribution is -2.52. The van der Waals surface area contributed by atoms with E-state index in [4.69, 9.17) is 9.84 Å². The van der Waals surface area contributed by atoms with Gasteiger partial charge in [-0.2, -0.15) is 17.6 Å². The number of benzene rings is 1. The number of carboxylic acids is 1. The summed E-state index contributed by atoms with van der Waals surface area (Å²) in [6, 6.07) is 1.07. The molecule has 0 bridgehead atoms. The number of halogens is 5. The summed E-state index contributed by atoms with van der Waals surface area (Å²) in [7, 11) is 0.993. The average Bonchev–Trinajstić information content (AvgIpc) is 2.53. The van der Waals surface area contributed by atoms with Gasteiger partial charge in [0.25, 0.3) is 5.60 Å². The molecule has 140 valence electrons. The van der Waals surface area contributed by atoms with Crippen LogP contribution in [0.3, 0.4) is 0 Å². The largest absolute Gasteiger partial charge is 0.493 e. The molecule has 0 saturated heterocycles. The number of aliphatic hydroxyl groups is 1. The zero-order valence-corrected chi connectivity index (χ0v) is 13.7. The summed E-state index contributed by atoms with van der Waals surface area (Å²) >= 11 is 0. The molecule has 4 nitrogen and oxygen atoms in total. The van der Waals surface area contributed by atoms with Gasteiger partial charge in [0.05, 0.1) is 7.11 Å². The first-order valence-electron chi connectivity index (χ1n) is 7.17. The fourth-order valence-electron chi connectivity index (χ4n) is 2.28. The van der Waals surface area contributed by atoms with Crippen molar-refractivity contribution in [2.75, 3.05) is 7.11 Å². The standard InChI is InChI=1S/C16H17F5O4/c1-4-8-6-10(13(25-3)12(18)11(8)17)9(5-2)7-15(24,14(22)23)16(19,20)21/h5-6,24H,4,7H2,1-3H3,(H,22,23)/b9-5-. The molecule has 0 aromatic heterocycles. The van der Waals surface area contributed by atoms with E-state index in [1.54, 1.807) is 0 Å². The van der Waals surface area contributed by atoms with Crippen LogP contribution in [0, 0.1) is 11.6 Å². The van der Waals surface area contributed by atoms with Crippen molar-refractivity contribution >= 4 is 11.5 Å². The number of aryl methyl sites for hydroxylation is 1. The van der Waals surface area contributed by atoms with E-state index in [0.717, 1.165) is 19.3 Å². The van der Waals surface area contributed by atoms with Crippen LogP contribution in [0.4, 0.5) is 22.0 Å². The Labute approximate surface area is 140 Å². The first kappa shape index (κ1) is 20.9. The number of ether oxygens (including phenoxy) is 1. The van der Waals surface area contributed by atoms with Crippen LogP contribution >= 0.6 is 0 Å². The molecule has 2 N–H and O–H groups in total. The molecular formula is C16H17F5O4. The minimum atomic E-state index is -5.48. The zero-order valence-electron chi connectivity index (χ0n) is 13.7. The van der Waals surface area contributed by atoms with Crippen molar-refractivity contribution in [1.82, 2.24) is 0 Å². The minimum absolute atomic E-state index is 0.0409. The molecule has 9 heteroatoms. The Hall–Kier alpha value is -2.16. The molecule has 0 radical (unpaired) electrons. The topological polar surface area (TPSA) is 66.8 Å². The van der Waals surface area contributed by atoms with Crippen LogP contribution in [-0.2, 0) is 11.2 Å². The molecule has 0 fully saturated rings. The van der Waals surface area contributed by atoms with E-state index in [1.807, 2.05) is 0 Å². The van der Waals surface area contributed by atoms with Crippen LogP contribution in [0.2, 0.25) is 0 Å². The van der Waals surface area contributed by atoms with Crippen molar-refractivity contribution in [2.24, 2.45) is 0 Å². The number of rotatable bonds is 6. The van der Waals surface area contributed by atoms with Crippen LogP contribution < -0.4 is 4.74 Å². The lowest BCUT2D eigenvalue weighted by Gasteiger charge is -2.27. The Morgan fingerprint density at radius 3 is 2.20 bits per heavy atom. The molecule has 0 aliphatic heterocycles. The van der Waals surface area contributed by atoms with Crippen molar-refractivity contribution < 1.29 is 41.7 Å². The fourth-order valence-corrected chi connectivity index (χ4v) is 2.28. The number of allylic oxidation sites excluding steroid dienone is 1. The SMILES string of the molecule is C/C=C(/CC(O)(C(=O)O)C(F)(F)F)c1cc(CC)c(F)c(F)c1OC. The Morgan fingerprint density at radius 2 is 1.84 bits per heavy atom. The van der Waals surface area contributed by atoms with Gasteiger partial charge in [-0.1, -0.05) is 13.0 Å². The molecule has 0 amide bonds. The summed E-state index contributed by atoms with van der Waals surface area (Å²) < 4.78 is 71.7. The van der Waals surface area contributed by atoms with E-state index < -0.39 is 41.6 Å². The maximum absolute atomic E-state index is 14.1. The number of hydrogen-bond donors (Lipinski definition) is 2. The molecule has 0 aliphatic carbocycles. The second kappa shape index (κ2) is 7.38. The maximum Gasteiger partial charge on any atom is 0.428 e. The fraction of sp³-hybridized carbons (Fsp3) is 0.438. The van der Waals surface area contributed by atoms with E-state index in [0.29, 0.717) is 0 Å². The molecule has 1 rings (SSSR count). The van der Waals surface area contributed by atoms with E-state index in [9.17, 15) is 31.9 Å². The van der Waals surface area contributed by atoms with Crippen molar-refractivity contribution in [3.63, 3.8) is 0 Å². The monoisotopic (exact) mass is 368 g/mol. The lowest BCUT2D eigenvalue weighted by molar-refractivity contribution is -0.258. The van der Waals surface area contributed by atoms with Crippen molar-refractivity contribution in [3.8, 4) is 5.75 Å². The third-order valence-electron chi connectivity index (χ3n) is 3.79. The molecular weight excluding hydrogens is 351 g/mol. The summed E-state index contributed by atoms with van der Waals surface area (Å²) in [5, 5.41) is 18.5. The molecule has 25 heavy (non-hydrogen) atoms. The smallest absolute Gasteiger partial charge is 0.428 e. The molecule has 0 saturated carbocycles. The van der Waals surface area contributed by atoms with Crippen LogP contribution in [0.5, 0.6) is 5.75 Å². The summed E-state index contributed by atoms with van der Waals surface area (Å²) in [6.07, 6.45) is -5.76. The number of hydrogen-bond acceptors (Lipinski definition) is 3. The average molecular weight is 368 g/mol. The molecule has 1 aromatic carbocycles. The predicted octanol–water partition coefficient (Wildman–Crippen LogP) is 3.71. The molecule has 1 atom stereocenters. The van der Waals surface area contributed by atoms with Crippen LogP contribution in [-0.4, -0.2) is 35.1 Å². The highest BCUT2D eigenvalue weighted by Crippen LogP contribution is 2.41. The van der Waals surface area contributed by atoms with Gasteiger partial charge < -0.3 is 14.9 Å². The van der Waals surface area contributed by atoms with E-state index in [2.05, 4.69) is 0 Å². The van der Waals surface area contributed by atoms with Gasteiger partial charge in [0, 0.05) is 12.0 Å². The zero-order chi connectivity index (χ0) is 19.6. The van der Waals surface area contributed by atoms with Crippen molar-refractivity contribution in [3.05, 3.63) is 34.9 Å².